The van der Waals surface area contributed by atoms with Crippen molar-refractivity contribution in [1.29, 1.82) is 0 Å². The Morgan fingerprint density at radius 1 is 1.24 bits per heavy atom. The van der Waals surface area contributed by atoms with E-state index in [1.165, 1.54) is 10.9 Å². The first-order valence-electron chi connectivity index (χ1n) is 9.48. The van der Waals surface area contributed by atoms with Crippen LogP contribution >= 0.6 is 0 Å². The van der Waals surface area contributed by atoms with E-state index < -0.39 is 11.9 Å². The Bertz CT molecular complexity index is 980. The molecule has 0 amide bonds. The number of hydrogen-bond donors (Lipinski definition) is 0. The molecule has 0 bridgehead atoms. The molecule has 0 saturated carbocycles. The van der Waals surface area contributed by atoms with Crippen molar-refractivity contribution in [3.05, 3.63) is 42.1 Å². The molecule has 10 heteroatoms. The molecule has 1 aliphatic heterocycles. The Morgan fingerprint density at radius 2 is 2.07 bits per heavy atom. The Kier molecular flexibility index (Phi) is 5.01. The maximum absolute atomic E-state index is 12.9. The average Bonchev–Trinajstić information content (AvgIpc) is 3.38. The van der Waals surface area contributed by atoms with Crippen LogP contribution in [0.15, 0.2) is 35.1 Å². The van der Waals surface area contributed by atoms with Crippen LogP contribution in [0.4, 0.5) is 19.0 Å². The van der Waals surface area contributed by atoms with Gasteiger partial charge in [0.2, 0.25) is 0 Å². The normalized spacial score (nSPS) is 17.9. The van der Waals surface area contributed by atoms with Gasteiger partial charge in [-0.15, -0.1) is 0 Å². The van der Waals surface area contributed by atoms with E-state index in [0.29, 0.717) is 18.3 Å². The van der Waals surface area contributed by atoms with Crippen LogP contribution in [0.25, 0.3) is 11.5 Å². The number of nitrogens with zero attached hydrogens (tertiary/aromatic N) is 6. The second-order valence-electron chi connectivity index (χ2n) is 7.44. The van der Waals surface area contributed by atoms with Crippen LogP contribution in [0.2, 0.25) is 0 Å². The Balaban J connectivity index is 1.53. The summed E-state index contributed by atoms with van der Waals surface area (Å²) in [7, 11) is 0. The fourth-order valence-corrected chi connectivity index (χ4v) is 3.38. The highest BCUT2D eigenvalue weighted by Gasteiger charge is 2.34. The van der Waals surface area contributed by atoms with Crippen LogP contribution in [0, 0.1) is 0 Å². The van der Waals surface area contributed by atoms with Crippen LogP contribution < -0.4 is 4.90 Å². The monoisotopic (exact) mass is 406 g/mol. The molecular formula is C19H21F3N6O. The quantitative estimate of drug-likeness (QED) is 0.643. The highest BCUT2D eigenvalue weighted by atomic mass is 19.4. The second-order valence-corrected chi connectivity index (χ2v) is 7.44. The molecular weight excluding hydrogens is 385 g/mol. The van der Waals surface area contributed by atoms with Gasteiger partial charge in [-0.25, -0.2) is 4.98 Å². The SMILES string of the molecule is CC(C)c1noc(-c2ccnc(N3CCCC(n4ccc(C(F)(F)F)n4)C3)c2)n1. The molecule has 1 unspecified atom stereocenters. The minimum atomic E-state index is -4.44. The van der Waals surface area contributed by atoms with E-state index in [1.54, 1.807) is 12.3 Å². The van der Waals surface area contributed by atoms with Crippen LogP contribution in [-0.4, -0.2) is 38.0 Å². The number of rotatable bonds is 4. The van der Waals surface area contributed by atoms with E-state index in [4.69, 9.17) is 4.52 Å². The van der Waals surface area contributed by atoms with Crippen molar-refractivity contribution < 1.29 is 17.7 Å². The number of anilines is 1. The zero-order valence-corrected chi connectivity index (χ0v) is 16.1. The van der Waals surface area contributed by atoms with Crippen molar-refractivity contribution in [2.75, 3.05) is 18.0 Å². The zero-order valence-electron chi connectivity index (χ0n) is 16.1. The van der Waals surface area contributed by atoms with Crippen molar-refractivity contribution in [3.8, 4) is 11.5 Å². The first kappa shape index (κ1) is 19.4. The molecule has 1 atom stereocenters. The number of aromatic nitrogens is 5. The summed E-state index contributed by atoms with van der Waals surface area (Å²) < 4.78 is 45.3. The van der Waals surface area contributed by atoms with E-state index in [2.05, 4.69) is 20.2 Å². The molecule has 4 heterocycles. The molecule has 3 aromatic heterocycles. The van der Waals surface area contributed by atoms with Gasteiger partial charge in [0.15, 0.2) is 11.5 Å². The lowest BCUT2D eigenvalue weighted by Gasteiger charge is -2.33. The summed E-state index contributed by atoms with van der Waals surface area (Å²) in [5.74, 6) is 1.94. The molecule has 154 valence electrons. The summed E-state index contributed by atoms with van der Waals surface area (Å²) in [6, 6.07) is 4.52. The molecule has 29 heavy (non-hydrogen) atoms. The van der Waals surface area contributed by atoms with Crippen molar-refractivity contribution in [1.82, 2.24) is 24.9 Å². The van der Waals surface area contributed by atoms with Gasteiger partial charge in [-0.1, -0.05) is 19.0 Å². The number of pyridine rings is 1. The van der Waals surface area contributed by atoms with Crippen molar-refractivity contribution in [3.63, 3.8) is 0 Å². The standard InChI is InChI=1S/C19H21F3N6O/c1-12(2)17-24-18(29-26-17)13-5-7-23-16(10-13)27-8-3-4-14(11-27)28-9-6-15(25-28)19(20,21)22/h5-7,9-10,12,14H,3-4,8,11H2,1-2H3. The molecule has 1 saturated heterocycles. The van der Waals surface area contributed by atoms with Gasteiger partial charge in [0, 0.05) is 37.0 Å². The number of halogens is 3. The zero-order chi connectivity index (χ0) is 20.6. The van der Waals surface area contributed by atoms with Gasteiger partial charge in [-0.05, 0) is 31.0 Å². The van der Waals surface area contributed by atoms with Gasteiger partial charge >= 0.3 is 6.18 Å². The maximum atomic E-state index is 12.9. The molecule has 1 fully saturated rings. The molecule has 0 N–H and O–H groups in total. The summed E-state index contributed by atoms with van der Waals surface area (Å²) in [4.78, 5) is 10.9. The topological polar surface area (TPSA) is 72.9 Å². The summed E-state index contributed by atoms with van der Waals surface area (Å²) in [6.45, 7) is 5.26. The summed E-state index contributed by atoms with van der Waals surface area (Å²) in [5, 5.41) is 7.71. The third-order valence-corrected chi connectivity index (χ3v) is 4.94. The lowest BCUT2D eigenvalue weighted by Crippen LogP contribution is -2.37. The average molecular weight is 406 g/mol. The van der Waals surface area contributed by atoms with Gasteiger partial charge in [-0.3, -0.25) is 4.68 Å². The predicted molar refractivity (Wildman–Crippen MR) is 99.3 cm³/mol. The van der Waals surface area contributed by atoms with E-state index >= 15 is 0 Å². The second kappa shape index (κ2) is 7.49. The first-order chi connectivity index (χ1) is 13.8. The van der Waals surface area contributed by atoms with E-state index in [9.17, 15) is 13.2 Å². The number of alkyl halides is 3. The Hall–Kier alpha value is -2.91. The van der Waals surface area contributed by atoms with Crippen molar-refractivity contribution in [2.45, 2.75) is 44.8 Å². The highest BCUT2D eigenvalue weighted by molar-refractivity contribution is 5.58. The van der Waals surface area contributed by atoms with E-state index in [1.807, 2.05) is 24.8 Å². The van der Waals surface area contributed by atoms with Crippen LogP contribution in [-0.2, 0) is 6.18 Å². The third-order valence-electron chi connectivity index (χ3n) is 4.94. The minimum Gasteiger partial charge on any atom is -0.354 e. The van der Waals surface area contributed by atoms with Gasteiger partial charge in [-0.2, -0.15) is 23.3 Å². The smallest absolute Gasteiger partial charge is 0.354 e. The molecule has 1 aliphatic rings. The van der Waals surface area contributed by atoms with Crippen molar-refractivity contribution >= 4 is 5.82 Å². The van der Waals surface area contributed by atoms with Crippen LogP contribution in [0.5, 0.6) is 0 Å². The number of hydrogen-bond acceptors (Lipinski definition) is 6. The summed E-state index contributed by atoms with van der Waals surface area (Å²) in [6.07, 6.45) is 0.219. The van der Waals surface area contributed by atoms with Crippen LogP contribution in [0.1, 0.15) is 50.2 Å². The molecule has 4 rings (SSSR count). The van der Waals surface area contributed by atoms with E-state index in [-0.39, 0.29) is 12.0 Å². The molecule has 0 radical (unpaired) electrons. The Morgan fingerprint density at radius 3 is 2.76 bits per heavy atom. The molecule has 0 aromatic carbocycles. The van der Waals surface area contributed by atoms with Crippen molar-refractivity contribution in [2.24, 2.45) is 0 Å². The number of piperidine rings is 1. The molecule has 0 aliphatic carbocycles. The van der Waals surface area contributed by atoms with E-state index in [0.717, 1.165) is 36.8 Å². The van der Waals surface area contributed by atoms with Gasteiger partial charge in [0.05, 0.1) is 6.04 Å². The lowest BCUT2D eigenvalue weighted by molar-refractivity contribution is -0.141. The lowest BCUT2D eigenvalue weighted by atomic mass is 10.1. The fraction of sp³-hybridized carbons (Fsp3) is 0.474. The fourth-order valence-electron chi connectivity index (χ4n) is 3.38. The first-order valence-corrected chi connectivity index (χ1v) is 9.48. The third kappa shape index (κ3) is 4.10. The summed E-state index contributed by atoms with van der Waals surface area (Å²) in [5.41, 5.74) is -0.109. The predicted octanol–water partition coefficient (Wildman–Crippen LogP) is 4.31. The van der Waals surface area contributed by atoms with Gasteiger partial charge < -0.3 is 9.42 Å². The highest BCUT2D eigenvalue weighted by Crippen LogP contribution is 2.31. The Labute approximate surface area is 165 Å². The maximum Gasteiger partial charge on any atom is 0.435 e. The minimum absolute atomic E-state index is 0.152. The summed E-state index contributed by atoms with van der Waals surface area (Å²) >= 11 is 0. The van der Waals surface area contributed by atoms with Gasteiger partial charge in [0.1, 0.15) is 5.82 Å². The van der Waals surface area contributed by atoms with Gasteiger partial charge in [0.25, 0.3) is 5.89 Å². The molecule has 7 nitrogen and oxygen atoms in total. The molecule has 3 aromatic rings. The largest absolute Gasteiger partial charge is 0.435 e. The van der Waals surface area contributed by atoms with Crippen LogP contribution in [0.3, 0.4) is 0 Å². The molecule has 0 spiro atoms.